The number of hydrogen-bond donors (Lipinski definition) is 1. The van der Waals surface area contributed by atoms with Crippen molar-refractivity contribution in [1.29, 1.82) is 0 Å². The van der Waals surface area contributed by atoms with Crippen molar-refractivity contribution in [3.63, 3.8) is 0 Å². The lowest BCUT2D eigenvalue weighted by Gasteiger charge is -2.33. The maximum absolute atomic E-state index is 12.6. The summed E-state index contributed by atoms with van der Waals surface area (Å²) in [6.45, 7) is 2.05. The van der Waals surface area contributed by atoms with Crippen LogP contribution in [0.2, 0.25) is 0 Å². The van der Waals surface area contributed by atoms with E-state index in [9.17, 15) is 4.79 Å². The Morgan fingerprint density at radius 2 is 1.96 bits per heavy atom. The number of anilines is 1. The van der Waals surface area contributed by atoms with Crippen LogP contribution in [-0.4, -0.2) is 25.0 Å². The van der Waals surface area contributed by atoms with E-state index in [1.807, 2.05) is 36.4 Å². The van der Waals surface area contributed by atoms with Crippen LogP contribution in [0.4, 0.5) is 5.69 Å². The van der Waals surface area contributed by atoms with Crippen molar-refractivity contribution in [2.45, 2.75) is 31.4 Å². The largest absolute Gasteiger partial charge is 0.497 e. The Balaban J connectivity index is 1.67. The molecule has 2 aliphatic rings. The molecule has 4 rings (SSSR count). The number of methoxy groups -OCH3 is 1. The molecule has 1 fully saturated rings. The van der Waals surface area contributed by atoms with Crippen LogP contribution in [0.15, 0.2) is 42.5 Å². The van der Waals surface area contributed by atoms with Crippen molar-refractivity contribution in [3.8, 4) is 11.5 Å². The molecule has 23 heavy (non-hydrogen) atoms. The highest BCUT2D eigenvalue weighted by molar-refractivity contribution is 5.91. The van der Waals surface area contributed by atoms with Gasteiger partial charge in [-0.25, -0.2) is 0 Å². The first-order valence-corrected chi connectivity index (χ1v) is 7.86. The first-order valence-electron chi connectivity index (χ1n) is 7.86. The van der Waals surface area contributed by atoms with Crippen LogP contribution in [0.1, 0.15) is 23.5 Å². The van der Waals surface area contributed by atoms with Crippen molar-refractivity contribution in [2.75, 3.05) is 12.4 Å². The summed E-state index contributed by atoms with van der Waals surface area (Å²) < 4.78 is 11.3. The lowest BCUT2D eigenvalue weighted by Crippen LogP contribution is -2.40. The molecule has 0 radical (unpaired) electrons. The number of hydrogen-bond acceptors (Lipinski definition) is 4. The average molecular weight is 309 g/mol. The summed E-state index contributed by atoms with van der Waals surface area (Å²) in [4.78, 5) is 12.6. The highest BCUT2D eigenvalue weighted by Crippen LogP contribution is 2.42. The average Bonchev–Trinajstić information content (AvgIpc) is 2.87. The van der Waals surface area contributed by atoms with Gasteiger partial charge in [-0.2, -0.15) is 0 Å². The van der Waals surface area contributed by atoms with Crippen LogP contribution < -0.4 is 14.8 Å². The van der Waals surface area contributed by atoms with Crippen molar-refractivity contribution in [3.05, 3.63) is 53.6 Å². The molecule has 118 valence electrons. The number of carbonyl (C=O) groups excluding carboxylic acids is 1. The molecule has 3 atom stereocenters. The molecule has 0 unspecified atom stereocenters. The summed E-state index contributed by atoms with van der Waals surface area (Å²) in [5.41, 5.74) is 3.15. The summed E-state index contributed by atoms with van der Waals surface area (Å²) in [5, 5.41) is 3.53. The molecule has 1 N–H and O–H groups in total. The van der Waals surface area contributed by atoms with E-state index in [1.165, 1.54) is 5.56 Å². The van der Waals surface area contributed by atoms with E-state index in [0.29, 0.717) is 6.42 Å². The fourth-order valence-electron chi connectivity index (χ4n) is 3.56. The summed E-state index contributed by atoms with van der Waals surface area (Å²) in [5.74, 6) is 1.67. The standard InChI is InChI=1S/C19H19NO3/c1-11-3-8-16-14(9-11)20-19-17(23-16)10-15(21)18(19)12-4-6-13(22-2)7-5-12/h3-9,17-20H,10H2,1-2H3/t17-,18-,19-/m1/s1. The second-order valence-electron chi connectivity index (χ2n) is 6.25. The van der Waals surface area contributed by atoms with E-state index < -0.39 is 0 Å². The topological polar surface area (TPSA) is 47.6 Å². The summed E-state index contributed by atoms with van der Waals surface area (Å²) in [6.07, 6.45) is 0.339. The minimum absolute atomic E-state index is 0.0230. The quantitative estimate of drug-likeness (QED) is 0.924. The Bertz CT molecular complexity index is 754. The number of rotatable bonds is 2. The van der Waals surface area contributed by atoms with E-state index in [0.717, 1.165) is 22.7 Å². The molecule has 2 aromatic rings. The fourth-order valence-corrected chi connectivity index (χ4v) is 3.56. The predicted octanol–water partition coefficient (Wildman–Crippen LogP) is 3.30. The lowest BCUT2D eigenvalue weighted by molar-refractivity contribution is -0.119. The molecule has 4 heteroatoms. The molecule has 0 spiro atoms. The van der Waals surface area contributed by atoms with E-state index in [-0.39, 0.29) is 23.8 Å². The van der Waals surface area contributed by atoms with Crippen molar-refractivity contribution >= 4 is 11.5 Å². The van der Waals surface area contributed by atoms with Gasteiger partial charge >= 0.3 is 0 Å². The number of ketones is 1. The zero-order chi connectivity index (χ0) is 16.0. The number of Topliss-reactive ketones (excluding diaryl/α,β-unsaturated/α-hetero) is 1. The zero-order valence-electron chi connectivity index (χ0n) is 13.2. The number of fused-ring (bicyclic) bond motifs is 2. The van der Waals surface area contributed by atoms with Crippen LogP contribution >= 0.6 is 0 Å². The molecule has 2 aromatic carbocycles. The fraction of sp³-hybridized carbons (Fsp3) is 0.316. The van der Waals surface area contributed by atoms with E-state index in [2.05, 4.69) is 18.3 Å². The Morgan fingerprint density at radius 1 is 1.17 bits per heavy atom. The van der Waals surface area contributed by atoms with E-state index >= 15 is 0 Å². The van der Waals surface area contributed by atoms with Crippen molar-refractivity contribution < 1.29 is 14.3 Å². The monoisotopic (exact) mass is 309 g/mol. The van der Waals surface area contributed by atoms with Gasteiger partial charge in [0.25, 0.3) is 0 Å². The molecular weight excluding hydrogens is 290 g/mol. The van der Waals surface area contributed by atoms with Gasteiger partial charge in [0, 0.05) is 6.42 Å². The highest BCUT2D eigenvalue weighted by Gasteiger charge is 2.47. The second kappa shape index (κ2) is 5.30. The predicted molar refractivity (Wildman–Crippen MR) is 88.4 cm³/mol. The molecular formula is C19H19NO3. The first kappa shape index (κ1) is 14.1. The Kier molecular flexibility index (Phi) is 3.26. The smallest absolute Gasteiger partial charge is 0.146 e. The third kappa shape index (κ3) is 2.34. The minimum atomic E-state index is -0.181. The molecule has 1 saturated carbocycles. The van der Waals surface area contributed by atoms with Crippen LogP contribution in [0.5, 0.6) is 11.5 Å². The molecule has 1 heterocycles. The van der Waals surface area contributed by atoms with Crippen molar-refractivity contribution in [1.82, 2.24) is 0 Å². The summed E-state index contributed by atoms with van der Waals surface area (Å²) >= 11 is 0. The molecule has 0 amide bonds. The minimum Gasteiger partial charge on any atom is -0.497 e. The third-order valence-electron chi connectivity index (χ3n) is 4.72. The Hall–Kier alpha value is -2.49. The van der Waals surface area contributed by atoms with Gasteiger partial charge in [0.2, 0.25) is 0 Å². The molecule has 0 saturated heterocycles. The van der Waals surface area contributed by atoms with E-state index in [1.54, 1.807) is 7.11 Å². The van der Waals surface area contributed by atoms with Gasteiger partial charge in [-0.1, -0.05) is 18.2 Å². The van der Waals surface area contributed by atoms with Gasteiger partial charge in [-0.05, 0) is 42.3 Å². The van der Waals surface area contributed by atoms with Gasteiger partial charge in [0.15, 0.2) is 0 Å². The van der Waals surface area contributed by atoms with Gasteiger partial charge in [0.05, 0.1) is 24.8 Å². The maximum Gasteiger partial charge on any atom is 0.146 e. The molecule has 0 bridgehead atoms. The van der Waals surface area contributed by atoms with Crippen LogP contribution in [-0.2, 0) is 4.79 Å². The third-order valence-corrected chi connectivity index (χ3v) is 4.72. The van der Waals surface area contributed by atoms with Crippen LogP contribution in [0, 0.1) is 6.92 Å². The van der Waals surface area contributed by atoms with Gasteiger partial charge in [-0.3, -0.25) is 4.79 Å². The number of carbonyl (C=O) groups is 1. The van der Waals surface area contributed by atoms with E-state index in [4.69, 9.17) is 9.47 Å². The first-order chi connectivity index (χ1) is 11.2. The highest BCUT2D eigenvalue weighted by atomic mass is 16.5. The van der Waals surface area contributed by atoms with Crippen LogP contribution in [0.25, 0.3) is 0 Å². The number of ether oxygens (including phenoxy) is 2. The van der Waals surface area contributed by atoms with Crippen molar-refractivity contribution in [2.24, 2.45) is 0 Å². The Morgan fingerprint density at radius 3 is 2.70 bits per heavy atom. The van der Waals surface area contributed by atoms with Gasteiger partial charge in [0.1, 0.15) is 23.4 Å². The summed E-state index contributed by atoms with van der Waals surface area (Å²) in [6, 6.07) is 13.8. The molecule has 1 aliphatic carbocycles. The zero-order valence-corrected chi connectivity index (χ0v) is 13.2. The molecule has 0 aromatic heterocycles. The number of benzene rings is 2. The molecule has 1 aliphatic heterocycles. The molecule has 4 nitrogen and oxygen atoms in total. The number of nitrogens with one attached hydrogen (secondary N) is 1. The van der Waals surface area contributed by atoms with Crippen LogP contribution in [0.3, 0.4) is 0 Å². The maximum atomic E-state index is 12.6. The summed E-state index contributed by atoms with van der Waals surface area (Å²) in [7, 11) is 1.64. The SMILES string of the molecule is COc1ccc([C@@H]2C(=O)C[C@H]3Oc4ccc(C)cc4N[C@H]32)cc1. The second-order valence-corrected chi connectivity index (χ2v) is 6.25. The van der Waals surface area contributed by atoms with Gasteiger partial charge in [-0.15, -0.1) is 0 Å². The number of aryl methyl sites for hydroxylation is 1. The Labute approximate surface area is 135 Å². The van der Waals surface area contributed by atoms with Gasteiger partial charge < -0.3 is 14.8 Å². The normalized spacial score (nSPS) is 25.1. The lowest BCUT2D eigenvalue weighted by atomic mass is 9.92.